The molecule has 0 spiro atoms. The standard InChI is InChI=1S/C23H50N3O5P/c1-26(2,3)20-22-31-32(28,29)30-21-15-13-11-9-7-5-4-6-8-10-12-14-17-23(27)25-19-16-18-24/h4-22,24H2,1-3H3,(H-,25,27,28,29)/p+1. The lowest BCUT2D eigenvalue weighted by Crippen LogP contribution is -2.37. The van der Waals surface area contributed by atoms with Gasteiger partial charge in [0.1, 0.15) is 13.2 Å². The van der Waals surface area contributed by atoms with E-state index in [2.05, 4.69) is 5.32 Å². The van der Waals surface area contributed by atoms with Gasteiger partial charge < -0.3 is 20.4 Å². The van der Waals surface area contributed by atoms with Crippen LogP contribution in [0, 0.1) is 0 Å². The Morgan fingerprint density at radius 3 is 1.78 bits per heavy atom. The second-order valence-corrected chi connectivity index (χ2v) is 11.1. The molecule has 9 heteroatoms. The predicted molar refractivity (Wildman–Crippen MR) is 131 cm³/mol. The van der Waals surface area contributed by atoms with E-state index in [1.165, 1.54) is 44.9 Å². The number of phosphoric acid groups is 1. The minimum atomic E-state index is -3.91. The van der Waals surface area contributed by atoms with Gasteiger partial charge in [0, 0.05) is 13.0 Å². The highest BCUT2D eigenvalue weighted by molar-refractivity contribution is 7.47. The van der Waals surface area contributed by atoms with Crippen molar-refractivity contribution in [2.24, 2.45) is 5.73 Å². The zero-order valence-electron chi connectivity index (χ0n) is 21.0. The molecule has 0 radical (unpaired) electrons. The van der Waals surface area contributed by atoms with Crippen molar-refractivity contribution in [3.63, 3.8) is 0 Å². The SMILES string of the molecule is C[N+](C)(C)CCOP(=O)(O)OCCCCCCCCCCCCCCC(=O)NCCCN. The Morgan fingerprint density at radius 1 is 0.812 bits per heavy atom. The molecular weight excluding hydrogens is 429 g/mol. The fourth-order valence-corrected chi connectivity index (χ4v) is 3.97. The van der Waals surface area contributed by atoms with E-state index in [9.17, 15) is 14.3 Å². The van der Waals surface area contributed by atoms with Crippen LogP contribution >= 0.6 is 7.82 Å². The maximum atomic E-state index is 11.8. The average molecular weight is 481 g/mol. The van der Waals surface area contributed by atoms with Gasteiger partial charge in [-0.2, -0.15) is 0 Å². The van der Waals surface area contributed by atoms with Crippen molar-refractivity contribution in [3.05, 3.63) is 0 Å². The first-order chi connectivity index (χ1) is 15.2. The Morgan fingerprint density at radius 2 is 1.28 bits per heavy atom. The molecule has 0 bridgehead atoms. The second kappa shape index (κ2) is 19.9. The van der Waals surface area contributed by atoms with Gasteiger partial charge in [0.05, 0.1) is 27.7 Å². The molecule has 32 heavy (non-hydrogen) atoms. The summed E-state index contributed by atoms with van der Waals surface area (Å²) in [6, 6.07) is 0. The summed E-state index contributed by atoms with van der Waals surface area (Å²) in [4.78, 5) is 21.2. The topological polar surface area (TPSA) is 111 Å². The number of nitrogens with two attached hydrogens (primary N) is 1. The van der Waals surface area contributed by atoms with Crippen molar-refractivity contribution in [3.8, 4) is 0 Å². The van der Waals surface area contributed by atoms with Crippen molar-refractivity contribution >= 4 is 13.7 Å². The molecule has 0 aliphatic carbocycles. The lowest BCUT2D eigenvalue weighted by Gasteiger charge is -2.24. The molecule has 8 nitrogen and oxygen atoms in total. The van der Waals surface area contributed by atoms with Gasteiger partial charge in [-0.3, -0.25) is 13.8 Å². The van der Waals surface area contributed by atoms with E-state index >= 15 is 0 Å². The first kappa shape index (κ1) is 31.5. The van der Waals surface area contributed by atoms with E-state index in [1.807, 2.05) is 21.1 Å². The molecule has 0 heterocycles. The van der Waals surface area contributed by atoms with Gasteiger partial charge in [0.15, 0.2) is 0 Å². The summed E-state index contributed by atoms with van der Waals surface area (Å²) in [7, 11) is 2.10. The third-order valence-electron chi connectivity index (χ3n) is 5.27. The van der Waals surface area contributed by atoms with Gasteiger partial charge in [-0.05, 0) is 25.8 Å². The zero-order chi connectivity index (χ0) is 24.1. The van der Waals surface area contributed by atoms with Crippen molar-refractivity contribution in [2.45, 2.75) is 89.9 Å². The Kier molecular flexibility index (Phi) is 19.6. The molecule has 0 aromatic carbocycles. The summed E-state index contributed by atoms with van der Waals surface area (Å²) in [5, 5.41) is 2.89. The minimum absolute atomic E-state index is 0.152. The average Bonchev–Trinajstić information content (AvgIpc) is 2.70. The number of phosphoric ester groups is 1. The maximum Gasteiger partial charge on any atom is 0.472 e. The highest BCUT2D eigenvalue weighted by Gasteiger charge is 2.21. The molecule has 0 fully saturated rings. The van der Waals surface area contributed by atoms with Crippen LogP contribution in [-0.4, -0.2) is 69.3 Å². The first-order valence-corrected chi connectivity index (χ1v) is 14.0. The van der Waals surface area contributed by atoms with Gasteiger partial charge in [0.25, 0.3) is 0 Å². The number of carbonyl (C=O) groups is 1. The molecule has 0 aromatic heterocycles. The summed E-state index contributed by atoms with van der Waals surface area (Å²) in [5.41, 5.74) is 5.40. The molecule has 0 rings (SSSR count). The summed E-state index contributed by atoms with van der Waals surface area (Å²) in [5.74, 6) is 0.152. The van der Waals surface area contributed by atoms with Crippen LogP contribution in [0.15, 0.2) is 0 Å². The third kappa shape index (κ3) is 24.1. The summed E-state index contributed by atoms with van der Waals surface area (Å²) in [6.45, 7) is 2.46. The largest absolute Gasteiger partial charge is 0.472 e. The monoisotopic (exact) mass is 480 g/mol. The zero-order valence-corrected chi connectivity index (χ0v) is 21.9. The van der Waals surface area contributed by atoms with Crippen LogP contribution in [0.1, 0.15) is 89.9 Å². The van der Waals surface area contributed by atoms with Crippen molar-refractivity contribution in [1.29, 1.82) is 0 Å². The Hall–Kier alpha value is -0.500. The van der Waals surface area contributed by atoms with E-state index in [1.54, 1.807) is 0 Å². The number of nitrogens with one attached hydrogen (secondary N) is 1. The molecule has 1 atom stereocenters. The number of likely N-dealkylation sites (N-methyl/N-ethyl adjacent to an activating group) is 1. The fraction of sp³-hybridized carbons (Fsp3) is 0.957. The van der Waals surface area contributed by atoms with Crippen molar-refractivity contribution < 1.29 is 27.8 Å². The number of hydrogen-bond donors (Lipinski definition) is 3. The van der Waals surface area contributed by atoms with Crippen molar-refractivity contribution in [1.82, 2.24) is 5.32 Å². The molecular formula is C23H51N3O5P+. The number of amides is 1. The maximum absolute atomic E-state index is 11.8. The Bertz CT molecular complexity index is 501. The minimum Gasteiger partial charge on any atom is -0.356 e. The summed E-state index contributed by atoms with van der Waals surface area (Å²) >= 11 is 0. The number of hydrogen-bond acceptors (Lipinski definition) is 5. The highest BCUT2D eigenvalue weighted by atomic mass is 31.2. The predicted octanol–water partition coefficient (Wildman–Crippen LogP) is 4.36. The number of unbranched alkanes of at least 4 members (excludes halogenated alkanes) is 11. The van der Waals surface area contributed by atoms with Gasteiger partial charge in [-0.1, -0.05) is 64.2 Å². The smallest absolute Gasteiger partial charge is 0.356 e. The molecule has 0 saturated carbocycles. The number of carbonyl (C=O) groups excluding carboxylic acids is 1. The van der Waals surface area contributed by atoms with Gasteiger partial charge in [-0.25, -0.2) is 4.57 Å². The third-order valence-corrected chi connectivity index (χ3v) is 6.29. The molecule has 0 aliphatic rings. The van der Waals surface area contributed by atoms with Crippen molar-refractivity contribution in [2.75, 3.05) is 54.0 Å². The van der Waals surface area contributed by atoms with Crippen LogP contribution < -0.4 is 11.1 Å². The fourth-order valence-electron chi connectivity index (χ4n) is 3.22. The van der Waals surface area contributed by atoms with E-state index < -0.39 is 7.82 Å². The van der Waals surface area contributed by atoms with E-state index in [0.29, 0.717) is 30.5 Å². The van der Waals surface area contributed by atoms with Crippen LogP contribution in [0.25, 0.3) is 0 Å². The highest BCUT2D eigenvalue weighted by Crippen LogP contribution is 2.43. The van der Waals surface area contributed by atoms with Gasteiger partial charge >= 0.3 is 7.82 Å². The Labute approximate surface area is 196 Å². The molecule has 1 amide bonds. The lowest BCUT2D eigenvalue weighted by atomic mass is 10.0. The van der Waals surface area contributed by atoms with Crippen LogP contribution in [0.5, 0.6) is 0 Å². The Balaban J connectivity index is 3.32. The quantitative estimate of drug-likeness (QED) is 0.114. The second-order valence-electron chi connectivity index (χ2n) is 9.63. The number of nitrogens with zero attached hydrogens (tertiary/aromatic N) is 1. The van der Waals surface area contributed by atoms with Gasteiger partial charge in [0.2, 0.25) is 5.91 Å². The summed E-state index contributed by atoms with van der Waals surface area (Å²) < 4.78 is 22.5. The normalized spacial score (nSPS) is 13.8. The van der Waals surface area contributed by atoms with E-state index in [4.69, 9.17) is 14.8 Å². The van der Waals surface area contributed by atoms with Crippen LogP contribution in [0.2, 0.25) is 0 Å². The lowest BCUT2D eigenvalue weighted by molar-refractivity contribution is -0.870. The molecule has 1 unspecified atom stereocenters. The molecule has 0 saturated heterocycles. The summed E-state index contributed by atoms with van der Waals surface area (Å²) in [6.07, 6.45) is 15.3. The van der Waals surface area contributed by atoms with Crippen LogP contribution in [0.3, 0.4) is 0 Å². The van der Waals surface area contributed by atoms with Crippen LogP contribution in [0.4, 0.5) is 0 Å². The van der Waals surface area contributed by atoms with Crippen LogP contribution in [-0.2, 0) is 18.4 Å². The number of quaternary nitrogens is 1. The molecule has 0 aliphatic heterocycles. The molecule has 4 N–H and O–H groups in total. The van der Waals surface area contributed by atoms with Gasteiger partial charge in [-0.15, -0.1) is 0 Å². The molecule has 192 valence electrons. The number of rotatable bonds is 23. The van der Waals surface area contributed by atoms with E-state index in [-0.39, 0.29) is 19.1 Å². The van der Waals surface area contributed by atoms with E-state index in [0.717, 1.165) is 38.5 Å². The first-order valence-electron chi connectivity index (χ1n) is 12.6. The molecule has 0 aromatic rings.